The van der Waals surface area contributed by atoms with E-state index in [9.17, 15) is 15.3 Å². The molecule has 1 aliphatic rings. The van der Waals surface area contributed by atoms with Gasteiger partial charge in [0.15, 0.2) is 12.0 Å². The highest BCUT2D eigenvalue weighted by atomic mass is 35.5. The van der Waals surface area contributed by atoms with E-state index in [4.69, 9.17) is 25.8 Å². The monoisotopic (exact) mass is 458 g/mol. The average molecular weight is 459 g/mol. The van der Waals surface area contributed by atoms with Crippen LogP contribution < -0.4 is 4.74 Å². The molecule has 4 rings (SSSR count). The highest BCUT2D eigenvalue weighted by molar-refractivity contribution is 6.31. The normalized spacial score (nSPS) is 25.5. The van der Waals surface area contributed by atoms with Gasteiger partial charge in [-0.2, -0.15) is 0 Å². The Hall–Kier alpha value is -2.59. The van der Waals surface area contributed by atoms with E-state index in [2.05, 4.69) is 9.97 Å². The van der Waals surface area contributed by atoms with E-state index in [0.29, 0.717) is 28.5 Å². The lowest BCUT2D eigenvalue weighted by Crippen LogP contribution is -2.54. The second-order valence-electron chi connectivity index (χ2n) is 7.48. The Morgan fingerprint density at radius 3 is 2.34 bits per heavy atom. The van der Waals surface area contributed by atoms with Crippen LogP contribution in [-0.2, 0) is 15.9 Å². The van der Waals surface area contributed by atoms with Gasteiger partial charge in [-0.3, -0.25) is 0 Å². The molecule has 32 heavy (non-hydrogen) atoms. The minimum absolute atomic E-state index is 0.531. The van der Waals surface area contributed by atoms with Crippen molar-refractivity contribution in [2.24, 2.45) is 0 Å². The number of aromatic nitrogens is 2. The third-order valence-corrected chi connectivity index (χ3v) is 5.66. The van der Waals surface area contributed by atoms with Gasteiger partial charge >= 0.3 is 0 Å². The van der Waals surface area contributed by atoms with Gasteiger partial charge in [0.2, 0.25) is 0 Å². The average Bonchev–Trinajstić information content (AvgIpc) is 2.81. The van der Waals surface area contributed by atoms with Gasteiger partial charge in [-0.15, -0.1) is 0 Å². The van der Waals surface area contributed by atoms with Crippen LogP contribution in [0, 0.1) is 0 Å². The molecule has 1 aliphatic heterocycles. The SMILES string of the molecule is COC1O[C@@H](c2ccc(Cl)c(Cc3ccc(Oc4cncnc4)cc3)c2)[C@H](O)[C@@H](O)[C@@H]1O. The summed E-state index contributed by atoms with van der Waals surface area (Å²) in [5.74, 6) is 1.20. The first kappa shape index (κ1) is 22.6. The molecule has 1 unspecified atom stereocenters. The number of methoxy groups -OCH3 is 1. The number of hydrogen-bond acceptors (Lipinski definition) is 8. The van der Waals surface area contributed by atoms with Crippen LogP contribution in [0.3, 0.4) is 0 Å². The van der Waals surface area contributed by atoms with E-state index in [-0.39, 0.29) is 0 Å². The number of aliphatic hydroxyl groups excluding tert-OH is 3. The molecule has 8 nitrogen and oxygen atoms in total. The van der Waals surface area contributed by atoms with Crippen LogP contribution in [0.15, 0.2) is 61.2 Å². The molecule has 0 saturated carbocycles. The molecule has 5 atom stereocenters. The second-order valence-corrected chi connectivity index (χ2v) is 7.89. The van der Waals surface area contributed by atoms with Gasteiger partial charge in [-0.1, -0.05) is 35.9 Å². The summed E-state index contributed by atoms with van der Waals surface area (Å²) in [6.45, 7) is 0. The van der Waals surface area contributed by atoms with Crippen molar-refractivity contribution in [3.63, 3.8) is 0 Å². The molecule has 168 valence electrons. The number of halogens is 1. The summed E-state index contributed by atoms with van der Waals surface area (Å²) < 4.78 is 16.5. The lowest BCUT2D eigenvalue weighted by atomic mass is 9.92. The van der Waals surface area contributed by atoms with Crippen molar-refractivity contribution < 1.29 is 29.5 Å². The van der Waals surface area contributed by atoms with Gasteiger partial charge in [0, 0.05) is 12.1 Å². The molecule has 9 heteroatoms. The molecule has 0 aliphatic carbocycles. The lowest BCUT2D eigenvalue weighted by Gasteiger charge is -2.40. The molecule has 2 heterocycles. The van der Waals surface area contributed by atoms with E-state index in [1.807, 2.05) is 30.3 Å². The van der Waals surface area contributed by atoms with Crippen molar-refractivity contribution in [1.29, 1.82) is 0 Å². The van der Waals surface area contributed by atoms with Crippen molar-refractivity contribution in [1.82, 2.24) is 9.97 Å². The zero-order valence-electron chi connectivity index (χ0n) is 17.2. The van der Waals surface area contributed by atoms with Crippen LogP contribution in [0.2, 0.25) is 5.02 Å². The van der Waals surface area contributed by atoms with Crippen LogP contribution in [0.5, 0.6) is 11.5 Å². The van der Waals surface area contributed by atoms with Crippen molar-refractivity contribution in [3.05, 3.63) is 82.9 Å². The molecule has 1 aromatic heterocycles. The maximum atomic E-state index is 10.4. The van der Waals surface area contributed by atoms with Crippen LogP contribution in [0.25, 0.3) is 0 Å². The Bertz CT molecular complexity index is 1030. The Balaban J connectivity index is 1.50. The maximum Gasteiger partial charge on any atom is 0.186 e. The summed E-state index contributed by atoms with van der Waals surface area (Å²) >= 11 is 6.41. The van der Waals surface area contributed by atoms with Crippen LogP contribution in [-0.4, -0.2) is 57.0 Å². The summed E-state index contributed by atoms with van der Waals surface area (Å²) in [4.78, 5) is 7.84. The van der Waals surface area contributed by atoms with Gasteiger partial charge in [-0.25, -0.2) is 9.97 Å². The molecule has 3 N–H and O–H groups in total. The zero-order chi connectivity index (χ0) is 22.7. The molecular formula is C23H23ClN2O6. The Labute approximate surface area is 190 Å². The van der Waals surface area contributed by atoms with E-state index in [0.717, 1.165) is 11.1 Å². The number of benzene rings is 2. The fraction of sp³-hybridized carbons (Fsp3) is 0.304. The highest BCUT2D eigenvalue weighted by Crippen LogP contribution is 2.34. The number of rotatable bonds is 6. The van der Waals surface area contributed by atoms with Crippen LogP contribution >= 0.6 is 11.6 Å². The van der Waals surface area contributed by atoms with Crippen molar-refractivity contribution in [2.75, 3.05) is 7.11 Å². The first-order chi connectivity index (χ1) is 15.5. The molecule has 3 aromatic rings. The highest BCUT2D eigenvalue weighted by Gasteiger charge is 2.44. The molecular weight excluding hydrogens is 436 g/mol. The van der Waals surface area contributed by atoms with Crippen LogP contribution in [0.1, 0.15) is 22.8 Å². The second kappa shape index (κ2) is 9.91. The predicted molar refractivity (Wildman–Crippen MR) is 115 cm³/mol. The third kappa shape index (κ3) is 4.91. The Kier molecular flexibility index (Phi) is 7.00. The first-order valence-electron chi connectivity index (χ1n) is 9.99. The van der Waals surface area contributed by atoms with E-state index < -0.39 is 30.7 Å². The molecule has 0 bridgehead atoms. The van der Waals surface area contributed by atoms with Gasteiger partial charge in [-0.05, 0) is 41.3 Å². The number of aliphatic hydroxyl groups is 3. The van der Waals surface area contributed by atoms with Gasteiger partial charge in [0.1, 0.15) is 36.5 Å². The quantitative estimate of drug-likeness (QED) is 0.516. The Morgan fingerprint density at radius 2 is 1.66 bits per heavy atom. The van der Waals surface area contributed by atoms with Gasteiger partial charge in [0.05, 0.1) is 12.4 Å². The van der Waals surface area contributed by atoms with Gasteiger partial charge < -0.3 is 29.5 Å². The minimum Gasteiger partial charge on any atom is -0.454 e. The standard InChI is InChI=1S/C23H23ClN2O6/c1-30-23-21(29)19(27)20(28)22(32-23)14-4-7-18(24)15(9-14)8-13-2-5-16(6-3-13)31-17-10-25-12-26-11-17/h2-7,9-12,19-23,27-29H,8H2,1H3/t19-,20-,21+,22+,23?/m1/s1. The lowest BCUT2D eigenvalue weighted by molar-refractivity contribution is -0.292. The molecule has 2 aromatic carbocycles. The topological polar surface area (TPSA) is 114 Å². The van der Waals surface area contributed by atoms with E-state index >= 15 is 0 Å². The number of nitrogens with zero attached hydrogens (tertiary/aromatic N) is 2. The Morgan fingerprint density at radius 1 is 0.938 bits per heavy atom. The van der Waals surface area contributed by atoms with Crippen molar-refractivity contribution >= 4 is 11.6 Å². The third-order valence-electron chi connectivity index (χ3n) is 5.29. The fourth-order valence-corrected chi connectivity index (χ4v) is 3.78. The number of ether oxygens (including phenoxy) is 3. The molecule has 0 spiro atoms. The van der Waals surface area contributed by atoms with Gasteiger partial charge in [0.25, 0.3) is 0 Å². The molecule has 1 saturated heterocycles. The predicted octanol–water partition coefficient (Wildman–Crippen LogP) is 2.64. The van der Waals surface area contributed by atoms with E-state index in [1.54, 1.807) is 24.5 Å². The maximum absolute atomic E-state index is 10.4. The molecule has 1 fully saturated rings. The summed E-state index contributed by atoms with van der Waals surface area (Å²) in [6, 6.07) is 12.8. The zero-order valence-corrected chi connectivity index (χ0v) is 18.0. The fourth-order valence-electron chi connectivity index (χ4n) is 3.59. The summed E-state index contributed by atoms with van der Waals surface area (Å²) in [6.07, 6.45) is -0.869. The van der Waals surface area contributed by atoms with Crippen molar-refractivity contribution in [3.8, 4) is 11.5 Å². The number of hydrogen-bond donors (Lipinski definition) is 3. The largest absolute Gasteiger partial charge is 0.454 e. The molecule has 0 radical (unpaired) electrons. The van der Waals surface area contributed by atoms with E-state index in [1.165, 1.54) is 13.4 Å². The molecule has 0 amide bonds. The van der Waals surface area contributed by atoms with Crippen LogP contribution in [0.4, 0.5) is 0 Å². The summed E-state index contributed by atoms with van der Waals surface area (Å²) in [5.41, 5.74) is 2.43. The summed E-state index contributed by atoms with van der Waals surface area (Å²) in [5, 5.41) is 31.1. The van der Waals surface area contributed by atoms with Crippen molar-refractivity contribution in [2.45, 2.75) is 37.1 Å². The smallest absolute Gasteiger partial charge is 0.186 e. The summed E-state index contributed by atoms with van der Waals surface area (Å²) in [7, 11) is 1.36. The minimum atomic E-state index is -1.40. The first-order valence-corrected chi connectivity index (χ1v) is 10.4.